The highest BCUT2D eigenvalue weighted by Gasteiger charge is 2.46. The topological polar surface area (TPSA) is 0 Å². The van der Waals surface area contributed by atoms with Gasteiger partial charge >= 0.3 is 0 Å². The van der Waals surface area contributed by atoms with Gasteiger partial charge in [0.2, 0.25) is 0 Å². The van der Waals surface area contributed by atoms with Gasteiger partial charge in [-0.05, 0) is 131 Å². The first-order chi connectivity index (χ1) is 26.9. The predicted octanol–water partition coefficient (Wildman–Crippen LogP) is 19.0. The van der Waals surface area contributed by atoms with Crippen molar-refractivity contribution in [1.82, 2.24) is 0 Å². The summed E-state index contributed by atoms with van der Waals surface area (Å²) in [4.78, 5) is 0. The molecule has 320 valence electrons. The molecule has 0 aromatic heterocycles. The quantitative estimate of drug-likeness (QED) is 0.0348. The fourth-order valence-electron chi connectivity index (χ4n) is 12.5. The van der Waals surface area contributed by atoms with Crippen LogP contribution in [-0.4, -0.2) is 0 Å². The second-order valence-electron chi connectivity index (χ2n) is 20.3. The highest BCUT2D eigenvalue weighted by Crippen LogP contribution is 2.55. The molecule has 0 nitrogen and oxygen atoms in total. The van der Waals surface area contributed by atoms with Crippen LogP contribution in [0, 0.1) is 53.3 Å². The minimum absolute atomic E-state index is 0.829. The van der Waals surface area contributed by atoms with Crippen molar-refractivity contribution in [2.45, 2.75) is 259 Å². The lowest BCUT2D eigenvalue weighted by molar-refractivity contribution is 0.0581. The minimum Gasteiger partial charge on any atom is -0.100 e. The van der Waals surface area contributed by atoms with Gasteiger partial charge in [0.1, 0.15) is 0 Å². The lowest BCUT2D eigenvalue weighted by Crippen LogP contribution is -2.35. The van der Waals surface area contributed by atoms with Crippen molar-refractivity contribution in [3.05, 3.63) is 36.5 Å². The Hall–Kier alpha value is -0.780. The van der Waals surface area contributed by atoms with E-state index in [1.165, 1.54) is 210 Å². The molecule has 3 aliphatic rings. The Labute approximate surface area is 347 Å². The van der Waals surface area contributed by atoms with Crippen molar-refractivity contribution in [1.29, 1.82) is 0 Å². The zero-order valence-corrected chi connectivity index (χ0v) is 38.5. The number of hydrogen-bond acceptors (Lipinski definition) is 0. The van der Waals surface area contributed by atoms with E-state index < -0.39 is 0 Å². The Bertz CT molecular complexity index is 984. The normalized spacial score (nSPS) is 28.0. The van der Waals surface area contributed by atoms with E-state index in [-0.39, 0.29) is 0 Å². The van der Waals surface area contributed by atoms with Gasteiger partial charge in [-0.15, -0.1) is 6.58 Å². The largest absolute Gasteiger partial charge is 0.100 e. The molecule has 0 N–H and O–H groups in total. The summed E-state index contributed by atoms with van der Waals surface area (Å²) < 4.78 is 0. The maximum atomic E-state index is 4.52. The van der Waals surface area contributed by atoms with Gasteiger partial charge in [0, 0.05) is 0 Å². The first-order valence-corrected chi connectivity index (χ1v) is 25.9. The highest BCUT2D eigenvalue weighted by molar-refractivity contribution is 5.17. The first kappa shape index (κ1) is 48.6. The summed E-state index contributed by atoms with van der Waals surface area (Å²) in [5.74, 6) is 8.88. The van der Waals surface area contributed by atoms with Crippen molar-refractivity contribution in [3.63, 3.8) is 0 Å². The van der Waals surface area contributed by atoms with Crippen molar-refractivity contribution in [2.75, 3.05) is 0 Å². The van der Waals surface area contributed by atoms with Crippen molar-refractivity contribution in [2.24, 2.45) is 53.3 Å². The maximum absolute atomic E-state index is 4.52. The molecule has 0 aromatic rings. The summed E-state index contributed by atoms with van der Waals surface area (Å²) >= 11 is 0. The van der Waals surface area contributed by atoms with Gasteiger partial charge in [-0.3, -0.25) is 0 Å². The van der Waals surface area contributed by atoms with Gasteiger partial charge < -0.3 is 0 Å². The van der Waals surface area contributed by atoms with Gasteiger partial charge in [-0.25, -0.2) is 0 Å². The van der Waals surface area contributed by atoms with Gasteiger partial charge in [-0.1, -0.05) is 212 Å². The molecule has 0 bridgehead atoms. The molecule has 0 spiro atoms. The molecule has 9 atom stereocenters. The fraction of sp³-hybridized carbons (Fsp3) is 0.891. The maximum Gasteiger partial charge on any atom is -0.0196 e. The molecular formula is C55H100. The molecule has 0 heterocycles. The Balaban J connectivity index is 1.44. The third-order valence-corrected chi connectivity index (χ3v) is 15.9. The van der Waals surface area contributed by atoms with Gasteiger partial charge in [-0.2, -0.15) is 0 Å². The van der Waals surface area contributed by atoms with Crippen LogP contribution >= 0.6 is 0 Å². The van der Waals surface area contributed by atoms with E-state index in [9.17, 15) is 0 Å². The number of unbranched alkanes of at least 4 members (excludes halogenated alkanes) is 18. The SMILES string of the molecule is C=C(C)CCCCCCCCC1C(CCCCCC)CCC(CCCCCCCC)C1CCCCCCCCC(=C)/C=C/C1CC(CC)C2CC(CC)CC12. The summed E-state index contributed by atoms with van der Waals surface area (Å²) in [5.41, 5.74) is 2.76. The zero-order valence-electron chi connectivity index (χ0n) is 38.5. The first-order valence-electron chi connectivity index (χ1n) is 25.9. The van der Waals surface area contributed by atoms with E-state index in [1.807, 2.05) is 0 Å². The van der Waals surface area contributed by atoms with Gasteiger partial charge in [0.15, 0.2) is 0 Å². The fourth-order valence-corrected chi connectivity index (χ4v) is 12.5. The molecule has 3 saturated carbocycles. The molecule has 0 aliphatic heterocycles. The van der Waals surface area contributed by atoms with Crippen LogP contribution in [0.1, 0.15) is 259 Å². The van der Waals surface area contributed by atoms with Crippen molar-refractivity contribution >= 4 is 0 Å². The molecular weight excluding hydrogens is 661 g/mol. The summed E-state index contributed by atoms with van der Waals surface area (Å²) in [6.45, 7) is 20.4. The van der Waals surface area contributed by atoms with Crippen LogP contribution in [0.3, 0.4) is 0 Å². The second kappa shape index (κ2) is 30.3. The zero-order chi connectivity index (χ0) is 39.5. The van der Waals surface area contributed by atoms with E-state index in [0.717, 1.165) is 53.3 Å². The Kier molecular flexibility index (Phi) is 26.8. The molecule has 0 radical (unpaired) electrons. The molecule has 0 heteroatoms. The Morgan fingerprint density at radius 2 is 0.927 bits per heavy atom. The predicted molar refractivity (Wildman–Crippen MR) is 249 cm³/mol. The molecule has 55 heavy (non-hydrogen) atoms. The molecule has 0 aromatic carbocycles. The van der Waals surface area contributed by atoms with Crippen LogP contribution in [0.5, 0.6) is 0 Å². The monoisotopic (exact) mass is 761 g/mol. The average Bonchev–Trinajstić information content (AvgIpc) is 3.76. The van der Waals surface area contributed by atoms with Crippen LogP contribution < -0.4 is 0 Å². The lowest BCUT2D eigenvalue weighted by Gasteiger charge is -2.44. The summed E-state index contributed by atoms with van der Waals surface area (Å²) in [6.07, 6.45) is 55.8. The van der Waals surface area contributed by atoms with Gasteiger partial charge in [0.25, 0.3) is 0 Å². The van der Waals surface area contributed by atoms with Crippen molar-refractivity contribution in [3.8, 4) is 0 Å². The summed E-state index contributed by atoms with van der Waals surface area (Å²) in [5, 5.41) is 0. The van der Waals surface area contributed by atoms with Crippen molar-refractivity contribution < 1.29 is 0 Å². The number of fused-ring (bicyclic) bond motifs is 1. The summed E-state index contributed by atoms with van der Waals surface area (Å²) in [6, 6.07) is 0. The lowest BCUT2D eigenvalue weighted by atomic mass is 9.61. The Morgan fingerprint density at radius 1 is 0.473 bits per heavy atom. The summed E-state index contributed by atoms with van der Waals surface area (Å²) in [7, 11) is 0. The van der Waals surface area contributed by atoms with Crippen LogP contribution in [0.4, 0.5) is 0 Å². The van der Waals surface area contributed by atoms with Crippen LogP contribution in [0.2, 0.25) is 0 Å². The average molecular weight is 761 g/mol. The van der Waals surface area contributed by atoms with Gasteiger partial charge in [0.05, 0.1) is 0 Å². The molecule has 3 rings (SSSR count). The Morgan fingerprint density at radius 3 is 1.44 bits per heavy atom. The minimum atomic E-state index is 0.829. The number of hydrogen-bond donors (Lipinski definition) is 0. The van der Waals surface area contributed by atoms with Crippen LogP contribution in [0.15, 0.2) is 36.5 Å². The third kappa shape index (κ3) is 19.2. The van der Waals surface area contributed by atoms with Crippen LogP contribution in [-0.2, 0) is 0 Å². The number of allylic oxidation sites excluding steroid dienone is 4. The third-order valence-electron chi connectivity index (χ3n) is 15.9. The van der Waals surface area contributed by atoms with E-state index in [1.54, 1.807) is 25.7 Å². The second-order valence-corrected chi connectivity index (χ2v) is 20.3. The highest BCUT2D eigenvalue weighted by atomic mass is 14.5. The standard InChI is InChI=1S/C55H100/c1-8-12-14-16-23-29-35-50-41-40-49(34-28-15-13-9-2)52(36-30-24-19-17-21-26-32-45(5)6)53(50)37-31-25-20-18-22-27-33-46(7)38-39-51-44-48(11-4)54-42-47(10-3)43-55(51)54/h38-39,47-55H,5,7-37,40-44H2,1-4,6H3/b39-38+. The molecule has 0 amide bonds. The molecule has 3 aliphatic carbocycles. The molecule has 3 fully saturated rings. The molecule has 9 unspecified atom stereocenters. The molecule has 0 saturated heterocycles. The van der Waals surface area contributed by atoms with E-state index >= 15 is 0 Å². The van der Waals surface area contributed by atoms with Crippen LogP contribution in [0.25, 0.3) is 0 Å². The number of rotatable bonds is 34. The van der Waals surface area contributed by atoms with E-state index in [0.29, 0.717) is 0 Å². The smallest absolute Gasteiger partial charge is 0.0196 e. The van der Waals surface area contributed by atoms with E-state index in [4.69, 9.17) is 0 Å². The van der Waals surface area contributed by atoms with E-state index in [2.05, 4.69) is 59.9 Å².